The highest BCUT2D eigenvalue weighted by Gasteiger charge is 2.31. The van der Waals surface area contributed by atoms with Crippen molar-refractivity contribution >= 4 is 17.6 Å². The van der Waals surface area contributed by atoms with E-state index in [0.29, 0.717) is 33.8 Å². The van der Waals surface area contributed by atoms with Crippen LogP contribution >= 0.6 is 0 Å². The molecule has 0 unspecified atom stereocenters. The molecule has 0 fully saturated rings. The molecule has 0 radical (unpaired) electrons. The van der Waals surface area contributed by atoms with Crippen LogP contribution in [0.15, 0.2) is 59.8 Å². The van der Waals surface area contributed by atoms with Crippen molar-refractivity contribution in [3.05, 3.63) is 70.9 Å². The molecule has 3 N–H and O–H groups in total. The van der Waals surface area contributed by atoms with E-state index in [1.54, 1.807) is 55.5 Å². The number of allylic oxidation sites excluding steroid dienone is 1. The molecular formula is C20H18N4O3. The van der Waals surface area contributed by atoms with E-state index in [9.17, 15) is 9.59 Å². The smallest absolute Gasteiger partial charge is 0.319 e. The van der Waals surface area contributed by atoms with Gasteiger partial charge in [-0.15, -0.1) is 0 Å². The van der Waals surface area contributed by atoms with E-state index < -0.39 is 12.1 Å². The number of methoxy groups -OCH3 is 1. The topological polar surface area (TPSA) is 103 Å². The summed E-state index contributed by atoms with van der Waals surface area (Å²) in [6, 6.07) is 14.8. The number of benzene rings is 2. The first-order valence-corrected chi connectivity index (χ1v) is 8.26. The molecule has 0 aliphatic carbocycles. The standard InChI is InChI=1S/C20H18N4O3/c1-12-17(19(25)23-15-5-3-4-6-16(15)27-2)18(24-20(26)22-12)14-9-7-13(11-21)8-10-14/h3-10,18H,1-2H3,(H,23,25)(H2,22,24,26)/t18-/m0/s1. The van der Waals surface area contributed by atoms with Crippen molar-refractivity contribution in [1.29, 1.82) is 5.26 Å². The minimum absolute atomic E-state index is 0.362. The summed E-state index contributed by atoms with van der Waals surface area (Å²) >= 11 is 0. The van der Waals surface area contributed by atoms with Crippen LogP contribution in [0, 0.1) is 11.3 Å². The molecule has 2 aromatic rings. The molecule has 7 nitrogen and oxygen atoms in total. The first-order valence-electron chi connectivity index (χ1n) is 8.26. The van der Waals surface area contributed by atoms with Crippen LogP contribution in [0.4, 0.5) is 10.5 Å². The Morgan fingerprint density at radius 1 is 1.19 bits per heavy atom. The molecule has 1 atom stereocenters. The molecular weight excluding hydrogens is 344 g/mol. The van der Waals surface area contributed by atoms with E-state index in [1.165, 1.54) is 7.11 Å². The van der Waals surface area contributed by atoms with Crippen LogP contribution in [-0.2, 0) is 4.79 Å². The molecule has 0 spiro atoms. The van der Waals surface area contributed by atoms with Gasteiger partial charge in [0.2, 0.25) is 0 Å². The highest BCUT2D eigenvalue weighted by molar-refractivity contribution is 6.07. The molecule has 1 aliphatic rings. The molecule has 27 heavy (non-hydrogen) atoms. The van der Waals surface area contributed by atoms with Gasteiger partial charge < -0.3 is 20.7 Å². The number of ether oxygens (including phenoxy) is 1. The quantitative estimate of drug-likeness (QED) is 0.778. The van der Waals surface area contributed by atoms with Crippen LogP contribution in [0.5, 0.6) is 5.75 Å². The minimum atomic E-state index is -0.638. The Labute approximate surface area is 156 Å². The summed E-state index contributed by atoms with van der Waals surface area (Å²) in [5.74, 6) is 0.172. The highest BCUT2D eigenvalue weighted by atomic mass is 16.5. The molecule has 1 heterocycles. The predicted octanol–water partition coefficient (Wildman–Crippen LogP) is 2.83. The van der Waals surface area contributed by atoms with Crippen LogP contribution < -0.4 is 20.7 Å². The van der Waals surface area contributed by atoms with E-state index in [1.807, 2.05) is 6.07 Å². The molecule has 2 aromatic carbocycles. The molecule has 3 amide bonds. The number of hydrogen-bond donors (Lipinski definition) is 3. The monoisotopic (exact) mass is 362 g/mol. The summed E-state index contributed by atoms with van der Waals surface area (Å²) in [6.45, 7) is 1.67. The van der Waals surface area contributed by atoms with Gasteiger partial charge in [0.15, 0.2) is 0 Å². The van der Waals surface area contributed by atoms with Gasteiger partial charge in [-0.2, -0.15) is 5.26 Å². The molecule has 3 rings (SSSR count). The maximum Gasteiger partial charge on any atom is 0.319 e. The molecule has 0 saturated carbocycles. The van der Waals surface area contributed by atoms with Crippen molar-refractivity contribution in [2.24, 2.45) is 0 Å². The zero-order chi connectivity index (χ0) is 19.4. The summed E-state index contributed by atoms with van der Waals surface area (Å²) in [5, 5.41) is 17.2. The maximum absolute atomic E-state index is 13.0. The number of nitriles is 1. The number of anilines is 1. The highest BCUT2D eigenvalue weighted by Crippen LogP contribution is 2.30. The number of amides is 3. The van der Waals surface area contributed by atoms with E-state index in [4.69, 9.17) is 10.00 Å². The Hall–Kier alpha value is -3.79. The molecule has 7 heteroatoms. The van der Waals surface area contributed by atoms with E-state index in [-0.39, 0.29) is 5.91 Å². The van der Waals surface area contributed by atoms with Crippen molar-refractivity contribution in [1.82, 2.24) is 10.6 Å². The number of nitrogens with zero attached hydrogens (tertiary/aromatic N) is 1. The normalized spacial score (nSPS) is 16.0. The lowest BCUT2D eigenvalue weighted by Crippen LogP contribution is -2.46. The summed E-state index contributed by atoms with van der Waals surface area (Å²) in [6.07, 6.45) is 0. The number of nitrogens with one attached hydrogen (secondary N) is 3. The largest absolute Gasteiger partial charge is 0.495 e. The Balaban J connectivity index is 1.95. The van der Waals surface area contributed by atoms with Gasteiger partial charge in [0.1, 0.15) is 5.75 Å². The second-order valence-corrected chi connectivity index (χ2v) is 5.96. The van der Waals surface area contributed by atoms with E-state index in [0.717, 1.165) is 0 Å². The second-order valence-electron chi connectivity index (χ2n) is 5.96. The average molecular weight is 362 g/mol. The molecule has 0 aromatic heterocycles. The SMILES string of the molecule is COc1ccccc1NC(=O)C1=C(C)NC(=O)N[C@H]1c1ccc(C#N)cc1. The van der Waals surface area contributed by atoms with E-state index in [2.05, 4.69) is 16.0 Å². The molecule has 1 aliphatic heterocycles. The van der Waals surface area contributed by atoms with E-state index >= 15 is 0 Å². The zero-order valence-corrected chi connectivity index (χ0v) is 14.9. The van der Waals surface area contributed by atoms with Crippen LogP contribution in [0.3, 0.4) is 0 Å². The molecule has 0 saturated heterocycles. The summed E-state index contributed by atoms with van der Waals surface area (Å²) in [5.41, 5.74) is 2.57. The minimum Gasteiger partial charge on any atom is -0.495 e. The van der Waals surface area contributed by atoms with Crippen molar-refractivity contribution in [2.45, 2.75) is 13.0 Å². The second kappa shape index (κ2) is 7.62. The molecule has 0 bridgehead atoms. The number of urea groups is 1. The van der Waals surface area contributed by atoms with Crippen molar-refractivity contribution < 1.29 is 14.3 Å². The third kappa shape index (κ3) is 3.75. The molecule has 136 valence electrons. The van der Waals surface area contributed by atoms with Gasteiger partial charge in [-0.05, 0) is 36.8 Å². The predicted molar refractivity (Wildman–Crippen MR) is 99.9 cm³/mol. The number of hydrogen-bond acceptors (Lipinski definition) is 4. The van der Waals surface area contributed by atoms with Gasteiger partial charge in [0.05, 0.1) is 36.0 Å². The fourth-order valence-corrected chi connectivity index (χ4v) is 2.93. The van der Waals surface area contributed by atoms with Crippen molar-refractivity contribution in [3.63, 3.8) is 0 Å². The lowest BCUT2D eigenvalue weighted by Gasteiger charge is -2.28. The summed E-state index contributed by atoms with van der Waals surface area (Å²) in [7, 11) is 1.53. The number of rotatable bonds is 4. The van der Waals surface area contributed by atoms with Crippen LogP contribution in [0.25, 0.3) is 0 Å². The Kier molecular flexibility index (Phi) is 5.08. The number of para-hydroxylation sites is 2. The zero-order valence-electron chi connectivity index (χ0n) is 14.9. The fraction of sp³-hybridized carbons (Fsp3) is 0.150. The van der Waals surface area contributed by atoms with Gasteiger partial charge in [-0.25, -0.2) is 4.79 Å². The summed E-state index contributed by atoms with van der Waals surface area (Å²) in [4.78, 5) is 24.9. The number of carbonyl (C=O) groups excluding carboxylic acids is 2. The third-order valence-electron chi connectivity index (χ3n) is 4.24. The number of carbonyl (C=O) groups is 2. The third-order valence-corrected chi connectivity index (χ3v) is 4.24. The van der Waals surface area contributed by atoms with Gasteiger partial charge in [-0.1, -0.05) is 24.3 Å². The Morgan fingerprint density at radius 2 is 1.89 bits per heavy atom. The average Bonchev–Trinajstić information content (AvgIpc) is 2.67. The van der Waals surface area contributed by atoms with Crippen LogP contribution in [-0.4, -0.2) is 19.0 Å². The lowest BCUT2D eigenvalue weighted by atomic mass is 9.94. The van der Waals surface area contributed by atoms with Gasteiger partial charge in [0.25, 0.3) is 5.91 Å². The maximum atomic E-state index is 13.0. The Bertz CT molecular complexity index is 958. The van der Waals surface area contributed by atoms with Gasteiger partial charge in [0, 0.05) is 5.70 Å². The van der Waals surface area contributed by atoms with Crippen LogP contribution in [0.2, 0.25) is 0 Å². The lowest BCUT2D eigenvalue weighted by molar-refractivity contribution is -0.113. The van der Waals surface area contributed by atoms with Crippen molar-refractivity contribution in [2.75, 3.05) is 12.4 Å². The first kappa shape index (κ1) is 18.0. The van der Waals surface area contributed by atoms with Gasteiger partial charge in [-0.3, -0.25) is 4.79 Å². The first-order chi connectivity index (χ1) is 13.0. The Morgan fingerprint density at radius 3 is 2.56 bits per heavy atom. The van der Waals surface area contributed by atoms with Gasteiger partial charge >= 0.3 is 6.03 Å². The fourth-order valence-electron chi connectivity index (χ4n) is 2.93. The van der Waals surface area contributed by atoms with Crippen molar-refractivity contribution in [3.8, 4) is 11.8 Å². The summed E-state index contributed by atoms with van der Waals surface area (Å²) < 4.78 is 5.27. The van der Waals surface area contributed by atoms with Crippen LogP contribution in [0.1, 0.15) is 24.1 Å².